The number of hydrogen-bond donors (Lipinski definition) is 0. The van der Waals surface area contributed by atoms with E-state index in [1.54, 1.807) is 5.56 Å². The first kappa shape index (κ1) is 13.3. The van der Waals surface area contributed by atoms with Gasteiger partial charge in [-0.25, -0.2) is 0 Å². The Kier molecular flexibility index (Phi) is 3.52. The monoisotopic (exact) mass is 284 g/mol. The number of fused-ring (bicyclic) bond motifs is 1. The number of hydrogen-bond acceptors (Lipinski definition) is 0. The molecule has 1 atom stereocenters. The molecule has 3 aromatic carbocycles. The Morgan fingerprint density at radius 2 is 1.18 bits per heavy atom. The van der Waals surface area contributed by atoms with Crippen LogP contribution in [0.15, 0.2) is 84.9 Å². The van der Waals surface area contributed by atoms with Crippen LogP contribution in [0.5, 0.6) is 0 Å². The highest BCUT2D eigenvalue weighted by molar-refractivity contribution is 5.43. The first-order chi connectivity index (χ1) is 10.9. The summed E-state index contributed by atoms with van der Waals surface area (Å²) in [4.78, 5) is 0. The summed E-state index contributed by atoms with van der Waals surface area (Å²) in [6, 6.07) is 30.9. The van der Waals surface area contributed by atoms with Crippen LogP contribution in [0.3, 0.4) is 0 Å². The predicted octanol–water partition coefficient (Wildman–Crippen LogP) is 5.55. The molecular formula is C22H20. The molecule has 0 heteroatoms. The molecular weight excluding hydrogens is 264 g/mol. The summed E-state index contributed by atoms with van der Waals surface area (Å²) in [7, 11) is 0. The van der Waals surface area contributed by atoms with Crippen molar-refractivity contribution >= 4 is 0 Å². The zero-order chi connectivity index (χ0) is 14.8. The molecule has 1 aliphatic carbocycles. The average Bonchev–Trinajstić information content (AvgIpc) is 3.01. The van der Waals surface area contributed by atoms with Crippen molar-refractivity contribution in [3.05, 3.63) is 107 Å². The maximum absolute atomic E-state index is 2.33. The topological polar surface area (TPSA) is 0 Å². The molecule has 0 saturated heterocycles. The summed E-state index contributed by atoms with van der Waals surface area (Å²) in [5.74, 6) is 1.03. The van der Waals surface area contributed by atoms with Crippen LogP contribution >= 0.6 is 0 Å². The van der Waals surface area contributed by atoms with Crippen molar-refractivity contribution in [1.82, 2.24) is 0 Å². The lowest BCUT2D eigenvalue weighted by Crippen LogP contribution is -2.10. The molecule has 22 heavy (non-hydrogen) atoms. The van der Waals surface area contributed by atoms with E-state index in [1.165, 1.54) is 29.5 Å². The largest absolute Gasteiger partial charge is 0.0622 e. The zero-order valence-electron chi connectivity index (χ0n) is 12.7. The van der Waals surface area contributed by atoms with Gasteiger partial charge in [-0.05, 0) is 41.0 Å². The van der Waals surface area contributed by atoms with Crippen LogP contribution in [0.4, 0.5) is 0 Å². The first-order valence-electron chi connectivity index (χ1n) is 8.11. The number of rotatable bonds is 3. The minimum Gasteiger partial charge on any atom is -0.0622 e. The minimum absolute atomic E-state index is 0.450. The van der Waals surface area contributed by atoms with E-state index >= 15 is 0 Å². The van der Waals surface area contributed by atoms with Crippen LogP contribution in [-0.4, -0.2) is 0 Å². The van der Waals surface area contributed by atoms with E-state index in [-0.39, 0.29) is 0 Å². The Hall–Kier alpha value is -2.34. The van der Waals surface area contributed by atoms with Crippen molar-refractivity contribution in [3.63, 3.8) is 0 Å². The third kappa shape index (κ3) is 2.35. The van der Waals surface area contributed by atoms with Gasteiger partial charge in [0.2, 0.25) is 0 Å². The van der Waals surface area contributed by atoms with Gasteiger partial charge in [0.05, 0.1) is 0 Å². The van der Waals surface area contributed by atoms with Crippen LogP contribution in [0, 0.1) is 0 Å². The van der Waals surface area contributed by atoms with Gasteiger partial charge < -0.3 is 0 Å². The maximum atomic E-state index is 2.33. The highest BCUT2D eigenvalue weighted by Crippen LogP contribution is 2.45. The molecule has 0 bridgehead atoms. The lowest BCUT2D eigenvalue weighted by Gasteiger charge is -2.25. The van der Waals surface area contributed by atoms with Gasteiger partial charge in [-0.15, -0.1) is 0 Å². The molecule has 0 nitrogen and oxygen atoms in total. The molecule has 1 unspecified atom stereocenters. The second-order valence-corrected chi connectivity index (χ2v) is 6.14. The van der Waals surface area contributed by atoms with E-state index in [1.807, 2.05) is 0 Å². The Balaban J connectivity index is 1.83. The van der Waals surface area contributed by atoms with Crippen molar-refractivity contribution in [2.45, 2.75) is 24.7 Å². The van der Waals surface area contributed by atoms with Crippen molar-refractivity contribution in [3.8, 4) is 0 Å². The Labute approximate surface area is 132 Å². The normalized spacial score (nSPS) is 16.7. The molecule has 3 aromatic rings. The van der Waals surface area contributed by atoms with E-state index < -0.39 is 0 Å². The predicted molar refractivity (Wildman–Crippen MR) is 92.2 cm³/mol. The molecule has 0 aromatic heterocycles. The quantitative estimate of drug-likeness (QED) is 0.591. The van der Waals surface area contributed by atoms with Gasteiger partial charge >= 0.3 is 0 Å². The lowest BCUT2D eigenvalue weighted by molar-refractivity contribution is 0.599. The first-order valence-corrected chi connectivity index (χ1v) is 8.11. The van der Waals surface area contributed by atoms with Gasteiger partial charge in [0.15, 0.2) is 0 Å². The SMILES string of the molecule is c1ccc(C(c2ccccc2)C2CCc3ccccc32)cc1. The molecule has 0 spiro atoms. The highest BCUT2D eigenvalue weighted by Gasteiger charge is 2.31. The van der Waals surface area contributed by atoms with Crippen molar-refractivity contribution in [2.75, 3.05) is 0 Å². The maximum Gasteiger partial charge on any atom is 0.0158 e. The fraction of sp³-hybridized carbons (Fsp3) is 0.182. The molecule has 0 saturated carbocycles. The lowest BCUT2D eigenvalue weighted by atomic mass is 9.78. The standard InChI is InChI=1S/C22H20/c1-3-10-18(11-4-1)22(19-12-5-2-6-13-19)21-16-15-17-9-7-8-14-20(17)21/h1-14,21-22H,15-16H2. The van der Waals surface area contributed by atoms with Crippen LogP contribution in [0.2, 0.25) is 0 Å². The van der Waals surface area contributed by atoms with Crippen LogP contribution in [-0.2, 0) is 6.42 Å². The Bertz CT molecular complexity index is 704. The minimum atomic E-state index is 0.450. The van der Waals surface area contributed by atoms with Gasteiger partial charge in [-0.2, -0.15) is 0 Å². The second-order valence-electron chi connectivity index (χ2n) is 6.14. The smallest absolute Gasteiger partial charge is 0.0158 e. The summed E-state index contributed by atoms with van der Waals surface area (Å²) in [6.07, 6.45) is 2.45. The van der Waals surface area contributed by atoms with Crippen molar-refractivity contribution < 1.29 is 0 Å². The summed E-state index contributed by atoms with van der Waals surface area (Å²) < 4.78 is 0. The van der Waals surface area contributed by atoms with E-state index in [0.717, 1.165) is 0 Å². The molecule has 1 aliphatic rings. The Morgan fingerprint density at radius 1 is 0.636 bits per heavy atom. The zero-order valence-corrected chi connectivity index (χ0v) is 12.7. The third-order valence-electron chi connectivity index (χ3n) is 4.90. The van der Waals surface area contributed by atoms with E-state index in [2.05, 4.69) is 84.9 Å². The Morgan fingerprint density at radius 3 is 1.82 bits per heavy atom. The van der Waals surface area contributed by atoms with E-state index in [9.17, 15) is 0 Å². The number of benzene rings is 3. The molecule has 108 valence electrons. The fourth-order valence-electron chi connectivity index (χ4n) is 3.91. The molecule has 0 amide bonds. The van der Waals surface area contributed by atoms with Gasteiger partial charge in [0.25, 0.3) is 0 Å². The van der Waals surface area contributed by atoms with Gasteiger partial charge in [-0.1, -0.05) is 84.9 Å². The summed E-state index contributed by atoms with van der Waals surface area (Å²) in [6.45, 7) is 0. The van der Waals surface area contributed by atoms with Crippen molar-refractivity contribution in [1.29, 1.82) is 0 Å². The summed E-state index contributed by atoms with van der Waals surface area (Å²) >= 11 is 0. The summed E-state index contributed by atoms with van der Waals surface area (Å²) in [5.41, 5.74) is 5.93. The van der Waals surface area contributed by atoms with Crippen LogP contribution in [0.1, 0.15) is 40.5 Å². The fourth-order valence-corrected chi connectivity index (χ4v) is 3.91. The molecule has 4 rings (SSSR count). The number of aryl methyl sites for hydroxylation is 1. The van der Waals surface area contributed by atoms with Gasteiger partial charge in [-0.3, -0.25) is 0 Å². The molecule has 0 N–H and O–H groups in total. The van der Waals surface area contributed by atoms with E-state index in [0.29, 0.717) is 11.8 Å². The molecule has 0 heterocycles. The van der Waals surface area contributed by atoms with Crippen LogP contribution in [0.25, 0.3) is 0 Å². The average molecular weight is 284 g/mol. The van der Waals surface area contributed by atoms with E-state index in [4.69, 9.17) is 0 Å². The van der Waals surface area contributed by atoms with Gasteiger partial charge in [0, 0.05) is 5.92 Å². The van der Waals surface area contributed by atoms with Gasteiger partial charge in [0.1, 0.15) is 0 Å². The molecule has 0 fully saturated rings. The highest BCUT2D eigenvalue weighted by atomic mass is 14.3. The van der Waals surface area contributed by atoms with Crippen molar-refractivity contribution in [2.24, 2.45) is 0 Å². The second kappa shape index (κ2) is 5.81. The third-order valence-corrected chi connectivity index (χ3v) is 4.90. The molecule has 0 radical (unpaired) electrons. The van der Waals surface area contributed by atoms with Crippen LogP contribution < -0.4 is 0 Å². The molecule has 0 aliphatic heterocycles. The summed E-state index contributed by atoms with van der Waals surface area (Å²) in [5, 5.41) is 0.